The molecule has 0 bridgehead atoms. The van der Waals surface area contributed by atoms with Crippen LogP contribution in [0.1, 0.15) is 45.0 Å². The molecule has 0 atom stereocenters. The number of aromatic nitrogens is 3. The summed E-state index contributed by atoms with van der Waals surface area (Å²) in [7, 11) is 0. The Morgan fingerprint density at radius 3 is 2.76 bits per heavy atom. The van der Waals surface area contributed by atoms with E-state index in [1.54, 1.807) is 10.9 Å². The van der Waals surface area contributed by atoms with Gasteiger partial charge in [0.2, 0.25) is 4.77 Å². The second kappa shape index (κ2) is 6.67. The van der Waals surface area contributed by atoms with Crippen molar-refractivity contribution >= 4 is 18.4 Å². The van der Waals surface area contributed by atoms with Gasteiger partial charge >= 0.3 is 0 Å². The lowest BCUT2D eigenvalue weighted by Crippen LogP contribution is -2.05. The third kappa shape index (κ3) is 4.01. The smallest absolute Gasteiger partial charge is 0.216 e. The summed E-state index contributed by atoms with van der Waals surface area (Å²) in [6, 6.07) is 7.79. The summed E-state index contributed by atoms with van der Waals surface area (Å²) in [6.07, 6.45) is 1.90. The fraction of sp³-hybridized carbons (Fsp3) is 0.400. The van der Waals surface area contributed by atoms with Gasteiger partial charge < -0.3 is 4.74 Å². The molecule has 1 aromatic carbocycles. The molecular weight excluding hydrogens is 284 g/mol. The summed E-state index contributed by atoms with van der Waals surface area (Å²) in [4.78, 5) is 0. The third-order valence-corrected chi connectivity index (χ3v) is 3.01. The van der Waals surface area contributed by atoms with E-state index in [-0.39, 0.29) is 12.0 Å². The first-order chi connectivity index (χ1) is 9.97. The van der Waals surface area contributed by atoms with Crippen molar-refractivity contribution in [3.63, 3.8) is 0 Å². The standard InChI is InChI=1S/C15H20N4OS/c1-10(2)14-17-18-15(21)19(14)16-9-12-6-5-7-13(8-12)20-11(3)4/h5-11H,1-4H3,(H,18,21)/b16-9-. The number of hydrogen-bond donors (Lipinski definition) is 1. The van der Waals surface area contributed by atoms with E-state index in [9.17, 15) is 0 Å². The predicted molar refractivity (Wildman–Crippen MR) is 86.7 cm³/mol. The van der Waals surface area contributed by atoms with Crippen molar-refractivity contribution in [2.75, 3.05) is 0 Å². The lowest BCUT2D eigenvalue weighted by Gasteiger charge is -2.09. The second-order valence-corrected chi connectivity index (χ2v) is 5.72. The van der Waals surface area contributed by atoms with Crippen molar-refractivity contribution in [1.29, 1.82) is 0 Å². The van der Waals surface area contributed by atoms with Crippen LogP contribution in [0.5, 0.6) is 5.75 Å². The largest absolute Gasteiger partial charge is 0.491 e. The molecule has 0 aliphatic carbocycles. The van der Waals surface area contributed by atoms with E-state index < -0.39 is 0 Å². The molecule has 0 amide bonds. The van der Waals surface area contributed by atoms with Crippen molar-refractivity contribution in [1.82, 2.24) is 14.9 Å². The van der Waals surface area contributed by atoms with Gasteiger partial charge in [-0.15, -0.1) is 0 Å². The van der Waals surface area contributed by atoms with Crippen LogP contribution in [-0.2, 0) is 0 Å². The SMILES string of the molecule is CC(C)Oc1cccc(/C=N\n2c(C(C)C)n[nH]c2=S)c1. The number of rotatable bonds is 5. The van der Waals surface area contributed by atoms with Crippen molar-refractivity contribution in [2.45, 2.75) is 39.7 Å². The fourth-order valence-electron chi connectivity index (χ4n) is 1.85. The average molecular weight is 304 g/mol. The van der Waals surface area contributed by atoms with Gasteiger partial charge in [0.1, 0.15) is 5.75 Å². The molecule has 1 N–H and O–H groups in total. The van der Waals surface area contributed by atoms with Crippen LogP contribution < -0.4 is 4.74 Å². The molecule has 5 nitrogen and oxygen atoms in total. The lowest BCUT2D eigenvalue weighted by atomic mass is 10.2. The maximum Gasteiger partial charge on any atom is 0.216 e. The number of ether oxygens (including phenoxy) is 1. The monoisotopic (exact) mass is 304 g/mol. The zero-order valence-corrected chi connectivity index (χ0v) is 13.5. The Hall–Kier alpha value is -1.95. The molecule has 0 spiro atoms. The Balaban J connectivity index is 2.26. The van der Waals surface area contributed by atoms with Gasteiger partial charge in [-0.05, 0) is 43.8 Å². The first kappa shape index (κ1) is 15.4. The van der Waals surface area contributed by atoms with Crippen LogP contribution in [0, 0.1) is 4.77 Å². The van der Waals surface area contributed by atoms with Gasteiger partial charge in [0.15, 0.2) is 5.82 Å². The van der Waals surface area contributed by atoms with Gasteiger partial charge in [-0.1, -0.05) is 26.0 Å². The van der Waals surface area contributed by atoms with Crippen molar-refractivity contribution < 1.29 is 4.74 Å². The normalized spacial score (nSPS) is 11.7. The van der Waals surface area contributed by atoms with E-state index in [2.05, 4.69) is 15.3 Å². The predicted octanol–water partition coefficient (Wildman–Crippen LogP) is 3.73. The van der Waals surface area contributed by atoms with Crippen LogP contribution in [0.2, 0.25) is 0 Å². The molecule has 0 unspecified atom stereocenters. The summed E-state index contributed by atoms with van der Waals surface area (Å²) in [5.41, 5.74) is 0.950. The molecule has 0 radical (unpaired) electrons. The van der Waals surface area contributed by atoms with Crippen LogP contribution in [0.15, 0.2) is 29.4 Å². The van der Waals surface area contributed by atoms with E-state index in [4.69, 9.17) is 17.0 Å². The molecule has 0 aliphatic rings. The quantitative estimate of drug-likeness (QED) is 0.676. The van der Waals surface area contributed by atoms with E-state index in [0.29, 0.717) is 4.77 Å². The molecule has 0 saturated carbocycles. The first-order valence-electron chi connectivity index (χ1n) is 6.95. The van der Waals surface area contributed by atoms with Crippen LogP contribution in [-0.4, -0.2) is 27.2 Å². The van der Waals surface area contributed by atoms with E-state index in [1.807, 2.05) is 52.0 Å². The van der Waals surface area contributed by atoms with Gasteiger partial charge in [-0.3, -0.25) is 5.10 Å². The minimum Gasteiger partial charge on any atom is -0.491 e. The maximum atomic E-state index is 5.67. The Bertz CT molecular complexity index is 685. The summed E-state index contributed by atoms with van der Waals surface area (Å²) in [5.74, 6) is 1.88. The Kier molecular flexibility index (Phi) is 4.90. The van der Waals surface area contributed by atoms with Crippen LogP contribution in [0.3, 0.4) is 0 Å². The molecule has 21 heavy (non-hydrogen) atoms. The average Bonchev–Trinajstić information content (AvgIpc) is 2.77. The maximum absolute atomic E-state index is 5.67. The van der Waals surface area contributed by atoms with Crippen LogP contribution >= 0.6 is 12.2 Å². The van der Waals surface area contributed by atoms with Crippen molar-refractivity contribution in [3.05, 3.63) is 40.4 Å². The van der Waals surface area contributed by atoms with E-state index in [0.717, 1.165) is 17.1 Å². The van der Waals surface area contributed by atoms with Gasteiger partial charge in [-0.2, -0.15) is 14.9 Å². The van der Waals surface area contributed by atoms with E-state index in [1.165, 1.54) is 0 Å². The fourth-order valence-corrected chi connectivity index (χ4v) is 2.04. The number of aromatic amines is 1. The number of nitrogens with zero attached hydrogens (tertiary/aromatic N) is 3. The number of nitrogens with one attached hydrogen (secondary N) is 1. The lowest BCUT2D eigenvalue weighted by molar-refractivity contribution is 0.242. The molecule has 0 aliphatic heterocycles. The van der Waals surface area contributed by atoms with Crippen molar-refractivity contribution in [2.24, 2.45) is 5.10 Å². The highest BCUT2D eigenvalue weighted by molar-refractivity contribution is 7.71. The molecule has 0 saturated heterocycles. The number of hydrogen-bond acceptors (Lipinski definition) is 4. The first-order valence-corrected chi connectivity index (χ1v) is 7.36. The number of benzene rings is 1. The van der Waals surface area contributed by atoms with Gasteiger partial charge in [0, 0.05) is 5.92 Å². The highest BCUT2D eigenvalue weighted by Gasteiger charge is 2.08. The van der Waals surface area contributed by atoms with Gasteiger partial charge in [0.25, 0.3) is 0 Å². The zero-order valence-electron chi connectivity index (χ0n) is 12.7. The summed E-state index contributed by atoms with van der Waals surface area (Å²) < 4.78 is 7.81. The Morgan fingerprint density at radius 2 is 2.10 bits per heavy atom. The van der Waals surface area contributed by atoms with Gasteiger partial charge in [-0.25, -0.2) is 0 Å². The molecule has 0 fully saturated rings. The summed E-state index contributed by atoms with van der Waals surface area (Å²) >= 11 is 5.20. The Morgan fingerprint density at radius 1 is 1.33 bits per heavy atom. The van der Waals surface area contributed by atoms with Gasteiger partial charge in [0.05, 0.1) is 12.3 Å². The zero-order chi connectivity index (χ0) is 15.4. The molecule has 1 aromatic heterocycles. The van der Waals surface area contributed by atoms with Crippen LogP contribution in [0.4, 0.5) is 0 Å². The molecule has 1 heterocycles. The highest BCUT2D eigenvalue weighted by Crippen LogP contribution is 2.15. The molecule has 2 rings (SSSR count). The van der Waals surface area contributed by atoms with E-state index >= 15 is 0 Å². The highest BCUT2D eigenvalue weighted by atomic mass is 32.1. The molecule has 2 aromatic rings. The minimum atomic E-state index is 0.146. The topological polar surface area (TPSA) is 55.2 Å². The third-order valence-electron chi connectivity index (χ3n) is 2.74. The summed E-state index contributed by atoms with van der Waals surface area (Å²) in [6.45, 7) is 8.10. The number of H-pyrrole nitrogens is 1. The second-order valence-electron chi connectivity index (χ2n) is 5.34. The minimum absolute atomic E-state index is 0.146. The van der Waals surface area contributed by atoms with Crippen molar-refractivity contribution in [3.8, 4) is 5.75 Å². The van der Waals surface area contributed by atoms with Crippen LogP contribution in [0.25, 0.3) is 0 Å². The molecular formula is C15H20N4OS. The Labute approximate surface area is 129 Å². The summed E-state index contributed by atoms with van der Waals surface area (Å²) in [5, 5.41) is 11.4. The molecule has 6 heteroatoms. The molecule has 112 valence electrons.